The van der Waals surface area contributed by atoms with Gasteiger partial charge in [0.05, 0.1) is 12.9 Å². The quantitative estimate of drug-likeness (QED) is 0.748. The largest absolute Gasteiger partial charge is 0.437 e. The van der Waals surface area contributed by atoms with Crippen LogP contribution in [-0.4, -0.2) is 34.1 Å². The van der Waals surface area contributed by atoms with Gasteiger partial charge in [-0.25, -0.2) is 4.98 Å². The maximum absolute atomic E-state index is 5.86. The molecule has 0 aliphatic carbocycles. The van der Waals surface area contributed by atoms with Crippen LogP contribution in [0.25, 0.3) is 11.2 Å². The maximum atomic E-state index is 5.86. The molecule has 0 amide bonds. The third-order valence-corrected chi connectivity index (χ3v) is 2.90. The van der Waals surface area contributed by atoms with Gasteiger partial charge in [-0.15, -0.1) is 0 Å². The molecule has 0 atom stereocenters. The molecule has 21 heavy (non-hydrogen) atoms. The van der Waals surface area contributed by atoms with Gasteiger partial charge in [-0.2, -0.15) is 9.97 Å². The lowest BCUT2D eigenvalue weighted by Gasteiger charge is -2.08. The molecule has 0 saturated heterocycles. The van der Waals surface area contributed by atoms with Crippen molar-refractivity contribution in [2.24, 2.45) is 0 Å². The maximum Gasteiger partial charge on any atom is 0.250 e. The number of nitrogens with zero attached hydrogens (tertiary/aromatic N) is 3. The summed E-state index contributed by atoms with van der Waals surface area (Å²) in [5, 5.41) is 2.89. The highest BCUT2D eigenvalue weighted by Crippen LogP contribution is 2.27. The Bertz CT molecular complexity index is 756. The van der Waals surface area contributed by atoms with Crippen molar-refractivity contribution < 1.29 is 9.47 Å². The summed E-state index contributed by atoms with van der Waals surface area (Å²) in [6, 6.07) is 7.66. The van der Waals surface area contributed by atoms with Crippen LogP contribution >= 0.6 is 0 Å². The average Bonchev–Trinajstić information content (AvgIpc) is 2.96. The van der Waals surface area contributed by atoms with Crippen LogP contribution in [0, 0.1) is 0 Å². The van der Waals surface area contributed by atoms with E-state index in [-0.39, 0.29) is 0 Å². The Balaban J connectivity index is 1.97. The van der Waals surface area contributed by atoms with Crippen molar-refractivity contribution >= 4 is 17.1 Å². The van der Waals surface area contributed by atoms with Gasteiger partial charge in [0.1, 0.15) is 11.3 Å². The molecule has 3 rings (SSSR count). The summed E-state index contributed by atoms with van der Waals surface area (Å²) < 4.78 is 11.0. The Labute approximate surface area is 121 Å². The van der Waals surface area contributed by atoms with Gasteiger partial charge < -0.3 is 19.8 Å². The number of aromatic amines is 1. The molecule has 0 spiro atoms. The number of nitrogens with one attached hydrogen (secondary N) is 2. The molecule has 0 bridgehead atoms. The Morgan fingerprint density at radius 1 is 1.29 bits per heavy atom. The van der Waals surface area contributed by atoms with Gasteiger partial charge in [-0.1, -0.05) is 12.1 Å². The number of H-pyrrole nitrogens is 1. The molecule has 3 aromatic rings. The zero-order valence-corrected chi connectivity index (χ0v) is 11.8. The first-order valence-electron chi connectivity index (χ1n) is 6.45. The van der Waals surface area contributed by atoms with Crippen LogP contribution < -0.4 is 10.1 Å². The number of aromatic nitrogens is 4. The van der Waals surface area contributed by atoms with Crippen molar-refractivity contribution in [3.63, 3.8) is 0 Å². The number of methoxy groups -OCH3 is 1. The van der Waals surface area contributed by atoms with Gasteiger partial charge in [0, 0.05) is 14.2 Å². The van der Waals surface area contributed by atoms with E-state index in [1.807, 2.05) is 24.3 Å². The van der Waals surface area contributed by atoms with Crippen molar-refractivity contribution in [1.82, 2.24) is 19.9 Å². The smallest absolute Gasteiger partial charge is 0.250 e. The molecule has 2 aromatic heterocycles. The number of rotatable bonds is 5. The fourth-order valence-corrected chi connectivity index (χ4v) is 1.97. The van der Waals surface area contributed by atoms with E-state index in [1.54, 1.807) is 20.5 Å². The second-order valence-corrected chi connectivity index (χ2v) is 4.39. The zero-order chi connectivity index (χ0) is 14.7. The van der Waals surface area contributed by atoms with Gasteiger partial charge in [0.15, 0.2) is 5.65 Å². The Morgan fingerprint density at radius 2 is 2.19 bits per heavy atom. The first-order chi connectivity index (χ1) is 10.3. The molecule has 0 saturated carbocycles. The third-order valence-electron chi connectivity index (χ3n) is 2.90. The summed E-state index contributed by atoms with van der Waals surface area (Å²) in [4.78, 5) is 15.7. The number of benzene rings is 1. The summed E-state index contributed by atoms with van der Waals surface area (Å²) in [5.41, 5.74) is 2.24. The van der Waals surface area contributed by atoms with Gasteiger partial charge >= 0.3 is 0 Å². The van der Waals surface area contributed by atoms with E-state index in [9.17, 15) is 0 Å². The zero-order valence-electron chi connectivity index (χ0n) is 11.8. The van der Waals surface area contributed by atoms with Crippen LogP contribution in [0.3, 0.4) is 0 Å². The molecule has 1 aromatic carbocycles. The molecule has 2 N–H and O–H groups in total. The van der Waals surface area contributed by atoms with Gasteiger partial charge in [0.25, 0.3) is 5.88 Å². The summed E-state index contributed by atoms with van der Waals surface area (Å²) in [5.74, 6) is 1.57. The van der Waals surface area contributed by atoms with Crippen molar-refractivity contribution in [2.75, 3.05) is 19.5 Å². The first-order valence-corrected chi connectivity index (χ1v) is 6.45. The van der Waals surface area contributed by atoms with E-state index in [0.29, 0.717) is 35.3 Å². The molecule has 7 nitrogen and oxygen atoms in total. The average molecular weight is 285 g/mol. The molecule has 108 valence electrons. The van der Waals surface area contributed by atoms with E-state index >= 15 is 0 Å². The monoisotopic (exact) mass is 285 g/mol. The third kappa shape index (κ3) is 2.77. The molecule has 7 heteroatoms. The molecule has 2 heterocycles. The summed E-state index contributed by atoms with van der Waals surface area (Å²) >= 11 is 0. The standard InChI is InChI=1S/C14H15N5O2/c1-15-14-18-12-11(16-8-17-12)13(19-14)21-10-5-3-4-9(6-10)7-20-2/h3-6,8H,7H2,1-2H3,(H2,15,16,17,18,19). The highest BCUT2D eigenvalue weighted by molar-refractivity contribution is 5.77. The lowest BCUT2D eigenvalue weighted by Crippen LogP contribution is -1.99. The van der Waals surface area contributed by atoms with Gasteiger partial charge in [0.2, 0.25) is 5.95 Å². The second kappa shape index (κ2) is 5.76. The van der Waals surface area contributed by atoms with Crippen LogP contribution in [0.1, 0.15) is 5.56 Å². The van der Waals surface area contributed by atoms with E-state index < -0.39 is 0 Å². The van der Waals surface area contributed by atoms with E-state index in [1.165, 1.54) is 0 Å². The Hall–Kier alpha value is -2.67. The number of imidazole rings is 1. The summed E-state index contributed by atoms with van der Waals surface area (Å²) in [7, 11) is 3.40. The Morgan fingerprint density at radius 3 is 3.00 bits per heavy atom. The predicted molar refractivity (Wildman–Crippen MR) is 78.5 cm³/mol. The number of anilines is 1. The lowest BCUT2D eigenvalue weighted by molar-refractivity contribution is 0.184. The minimum atomic E-state index is 0.427. The highest BCUT2D eigenvalue weighted by Gasteiger charge is 2.11. The van der Waals surface area contributed by atoms with Crippen molar-refractivity contribution in [2.45, 2.75) is 6.61 Å². The van der Waals surface area contributed by atoms with Crippen LogP contribution in [0.15, 0.2) is 30.6 Å². The summed E-state index contributed by atoms with van der Waals surface area (Å²) in [6.45, 7) is 0.530. The fraction of sp³-hybridized carbons (Fsp3) is 0.214. The topological polar surface area (TPSA) is 85.0 Å². The van der Waals surface area contributed by atoms with Crippen LogP contribution in [-0.2, 0) is 11.3 Å². The molecule has 0 fully saturated rings. The fourth-order valence-electron chi connectivity index (χ4n) is 1.97. The van der Waals surface area contributed by atoms with E-state index in [0.717, 1.165) is 5.56 Å². The van der Waals surface area contributed by atoms with Gasteiger partial charge in [-0.3, -0.25) is 0 Å². The summed E-state index contributed by atoms with van der Waals surface area (Å²) in [6.07, 6.45) is 1.56. The lowest BCUT2D eigenvalue weighted by atomic mass is 10.2. The van der Waals surface area contributed by atoms with E-state index in [4.69, 9.17) is 9.47 Å². The number of fused-ring (bicyclic) bond motifs is 1. The minimum Gasteiger partial charge on any atom is -0.437 e. The molecule has 0 aliphatic rings. The molecule has 0 radical (unpaired) electrons. The molecular weight excluding hydrogens is 270 g/mol. The SMILES string of the molecule is CNc1nc(Oc2cccc(COC)c2)c2[nH]cnc2n1. The normalized spacial score (nSPS) is 10.8. The van der Waals surface area contributed by atoms with Crippen LogP contribution in [0.5, 0.6) is 11.6 Å². The molecular formula is C14H15N5O2. The number of ether oxygens (including phenoxy) is 2. The predicted octanol–water partition coefficient (Wildman–Crippen LogP) is 2.33. The van der Waals surface area contributed by atoms with E-state index in [2.05, 4.69) is 25.3 Å². The molecule has 0 unspecified atom stereocenters. The van der Waals surface area contributed by atoms with Crippen molar-refractivity contribution in [3.05, 3.63) is 36.2 Å². The van der Waals surface area contributed by atoms with Crippen molar-refractivity contribution in [3.8, 4) is 11.6 Å². The van der Waals surface area contributed by atoms with Crippen LogP contribution in [0.4, 0.5) is 5.95 Å². The highest BCUT2D eigenvalue weighted by atomic mass is 16.5. The van der Waals surface area contributed by atoms with Gasteiger partial charge in [-0.05, 0) is 17.7 Å². The number of hydrogen-bond donors (Lipinski definition) is 2. The second-order valence-electron chi connectivity index (χ2n) is 4.39. The first kappa shape index (κ1) is 13.3. The van der Waals surface area contributed by atoms with Crippen molar-refractivity contribution in [1.29, 1.82) is 0 Å². The Kier molecular flexibility index (Phi) is 3.65. The minimum absolute atomic E-state index is 0.427. The van der Waals surface area contributed by atoms with Crippen LogP contribution in [0.2, 0.25) is 0 Å². The number of hydrogen-bond acceptors (Lipinski definition) is 6. The molecule has 0 aliphatic heterocycles.